The Balaban J connectivity index is 1.15. The van der Waals surface area contributed by atoms with Crippen molar-refractivity contribution in [3.05, 3.63) is 65.0 Å². The monoisotopic (exact) mass is 553 g/mol. The highest BCUT2D eigenvalue weighted by atomic mass is 19.3. The number of aromatic nitrogens is 2. The summed E-state index contributed by atoms with van der Waals surface area (Å²) in [7, 11) is 0. The Morgan fingerprint density at radius 3 is 2.27 bits per heavy atom. The Morgan fingerprint density at radius 2 is 1.65 bits per heavy atom. The van der Waals surface area contributed by atoms with E-state index in [1.807, 2.05) is 26.8 Å². The second-order valence-electron chi connectivity index (χ2n) is 11.7. The average Bonchev–Trinajstić information content (AvgIpc) is 3.36. The summed E-state index contributed by atoms with van der Waals surface area (Å²) in [6, 6.07) is 12.5. The Labute approximate surface area is 233 Å². The molecule has 40 heavy (non-hydrogen) atoms. The van der Waals surface area contributed by atoms with Crippen LogP contribution in [-0.4, -0.2) is 81.5 Å². The van der Waals surface area contributed by atoms with Crippen LogP contribution in [0.15, 0.2) is 42.5 Å². The lowest BCUT2D eigenvalue weighted by molar-refractivity contribution is 0.0204. The first-order chi connectivity index (χ1) is 19.1. The van der Waals surface area contributed by atoms with Crippen LogP contribution in [0, 0.1) is 0 Å². The van der Waals surface area contributed by atoms with Gasteiger partial charge in [-0.25, -0.2) is 18.6 Å². The van der Waals surface area contributed by atoms with Gasteiger partial charge in [0.05, 0.1) is 11.0 Å². The molecule has 1 N–H and O–H groups in total. The normalized spacial score (nSPS) is 17.6. The lowest BCUT2D eigenvalue weighted by atomic mass is 9.89. The number of carbonyl (C=O) groups excluding carboxylic acids is 2. The zero-order valence-electron chi connectivity index (χ0n) is 23.3. The topological polar surface area (TPSA) is 81.8 Å². The van der Waals surface area contributed by atoms with Crippen LogP contribution in [0.25, 0.3) is 11.0 Å². The van der Waals surface area contributed by atoms with Gasteiger partial charge in [0.15, 0.2) is 5.82 Å². The van der Waals surface area contributed by atoms with E-state index in [4.69, 9.17) is 4.74 Å². The third-order valence-corrected chi connectivity index (χ3v) is 7.62. The molecule has 214 valence electrons. The molecule has 2 saturated heterocycles. The zero-order chi connectivity index (χ0) is 28.4. The van der Waals surface area contributed by atoms with E-state index in [1.165, 1.54) is 17.7 Å². The summed E-state index contributed by atoms with van der Waals surface area (Å²) in [5.41, 5.74) is 3.27. The highest BCUT2D eigenvalue weighted by Crippen LogP contribution is 2.30. The Hall–Kier alpha value is -3.53. The van der Waals surface area contributed by atoms with Gasteiger partial charge in [-0.3, -0.25) is 9.69 Å². The zero-order valence-corrected chi connectivity index (χ0v) is 23.3. The number of H-pyrrole nitrogens is 1. The van der Waals surface area contributed by atoms with E-state index < -0.39 is 12.0 Å². The molecular formula is C30H37F2N5O3. The largest absolute Gasteiger partial charge is 0.444 e. The number of halogens is 2. The van der Waals surface area contributed by atoms with Crippen molar-refractivity contribution in [1.82, 2.24) is 24.7 Å². The average molecular weight is 554 g/mol. The van der Waals surface area contributed by atoms with Gasteiger partial charge in [-0.2, -0.15) is 0 Å². The van der Waals surface area contributed by atoms with Crippen molar-refractivity contribution in [1.29, 1.82) is 0 Å². The van der Waals surface area contributed by atoms with E-state index in [0.29, 0.717) is 57.6 Å². The van der Waals surface area contributed by atoms with Crippen LogP contribution < -0.4 is 0 Å². The van der Waals surface area contributed by atoms with Gasteiger partial charge in [-0.15, -0.1) is 0 Å². The number of ether oxygens (including phenoxy) is 1. The Bertz CT molecular complexity index is 1340. The minimum absolute atomic E-state index is 0.0284. The highest BCUT2D eigenvalue weighted by molar-refractivity contribution is 5.94. The molecule has 0 saturated carbocycles. The van der Waals surface area contributed by atoms with E-state index in [1.54, 1.807) is 21.9 Å². The van der Waals surface area contributed by atoms with E-state index in [9.17, 15) is 18.4 Å². The molecule has 3 aromatic rings. The number of nitrogens with one attached hydrogen (secondary N) is 1. The van der Waals surface area contributed by atoms with E-state index >= 15 is 0 Å². The first-order valence-corrected chi connectivity index (χ1v) is 13.9. The fraction of sp³-hybridized carbons (Fsp3) is 0.500. The minimum Gasteiger partial charge on any atom is -0.444 e. The molecular weight excluding hydrogens is 516 g/mol. The van der Waals surface area contributed by atoms with Gasteiger partial charge in [0, 0.05) is 51.4 Å². The number of likely N-dealkylation sites (tertiary alicyclic amines) is 1. The maximum atomic E-state index is 13.2. The van der Waals surface area contributed by atoms with Crippen LogP contribution in [-0.2, 0) is 11.3 Å². The molecule has 0 spiro atoms. The minimum atomic E-state index is -2.46. The first kappa shape index (κ1) is 28.0. The third-order valence-electron chi connectivity index (χ3n) is 7.62. The van der Waals surface area contributed by atoms with Crippen LogP contribution in [0.5, 0.6) is 0 Å². The lowest BCUT2D eigenvalue weighted by Gasteiger charge is -2.34. The predicted molar refractivity (Wildman–Crippen MR) is 148 cm³/mol. The predicted octanol–water partition coefficient (Wildman–Crippen LogP) is 5.57. The Morgan fingerprint density at radius 1 is 0.975 bits per heavy atom. The maximum Gasteiger partial charge on any atom is 0.410 e. The molecule has 0 atom stereocenters. The number of hydrogen-bond donors (Lipinski definition) is 1. The number of piperazine rings is 1. The molecule has 1 aromatic heterocycles. The number of rotatable bonds is 5. The molecule has 2 fully saturated rings. The number of nitrogens with zero attached hydrogens (tertiary/aromatic N) is 4. The molecule has 0 unspecified atom stereocenters. The van der Waals surface area contributed by atoms with Gasteiger partial charge in [0.1, 0.15) is 5.60 Å². The van der Waals surface area contributed by atoms with E-state index in [0.717, 1.165) is 29.4 Å². The van der Waals surface area contributed by atoms with Gasteiger partial charge in [-0.05, 0) is 62.8 Å². The van der Waals surface area contributed by atoms with Crippen molar-refractivity contribution in [3.8, 4) is 0 Å². The first-order valence-electron chi connectivity index (χ1n) is 13.9. The summed E-state index contributed by atoms with van der Waals surface area (Å²) in [5.74, 6) is 0.539. The number of carbonyl (C=O) groups is 2. The number of piperidine rings is 1. The molecule has 2 aliphatic heterocycles. The fourth-order valence-electron chi connectivity index (χ4n) is 5.39. The molecule has 5 rings (SSSR count). The number of aromatic amines is 1. The lowest BCUT2D eigenvalue weighted by Crippen LogP contribution is -2.48. The number of hydrogen-bond acceptors (Lipinski definition) is 5. The van der Waals surface area contributed by atoms with Gasteiger partial charge in [-0.1, -0.05) is 30.3 Å². The van der Waals surface area contributed by atoms with Gasteiger partial charge in [0.25, 0.3) is 12.3 Å². The van der Waals surface area contributed by atoms with Crippen molar-refractivity contribution in [2.75, 3.05) is 39.3 Å². The fourth-order valence-corrected chi connectivity index (χ4v) is 5.39. The summed E-state index contributed by atoms with van der Waals surface area (Å²) in [4.78, 5) is 39.2. The number of alkyl halides is 2. The second-order valence-corrected chi connectivity index (χ2v) is 11.7. The highest BCUT2D eigenvalue weighted by Gasteiger charge is 2.28. The number of benzene rings is 2. The van der Waals surface area contributed by atoms with Crippen molar-refractivity contribution < 1.29 is 23.1 Å². The van der Waals surface area contributed by atoms with Crippen LogP contribution in [0.4, 0.5) is 13.6 Å². The van der Waals surface area contributed by atoms with E-state index in [-0.39, 0.29) is 17.6 Å². The van der Waals surface area contributed by atoms with Crippen LogP contribution in [0.1, 0.15) is 73.3 Å². The summed E-state index contributed by atoms with van der Waals surface area (Å²) in [6.07, 6.45) is -1.02. The van der Waals surface area contributed by atoms with Gasteiger partial charge >= 0.3 is 6.09 Å². The van der Waals surface area contributed by atoms with Crippen molar-refractivity contribution in [2.24, 2.45) is 0 Å². The van der Waals surface area contributed by atoms with Crippen molar-refractivity contribution in [2.45, 2.75) is 58.1 Å². The van der Waals surface area contributed by atoms with Crippen LogP contribution in [0.3, 0.4) is 0 Å². The number of amides is 2. The summed E-state index contributed by atoms with van der Waals surface area (Å²) >= 11 is 0. The van der Waals surface area contributed by atoms with E-state index in [2.05, 4.69) is 27.0 Å². The molecule has 10 heteroatoms. The molecule has 0 bridgehead atoms. The van der Waals surface area contributed by atoms with Crippen molar-refractivity contribution in [3.63, 3.8) is 0 Å². The summed E-state index contributed by atoms with van der Waals surface area (Å²) in [5, 5.41) is 0. The van der Waals surface area contributed by atoms with Gasteiger partial charge in [0.2, 0.25) is 0 Å². The van der Waals surface area contributed by atoms with Gasteiger partial charge < -0.3 is 19.5 Å². The molecule has 0 aliphatic carbocycles. The molecule has 0 radical (unpaired) electrons. The quantitative estimate of drug-likeness (QED) is 0.447. The Kier molecular flexibility index (Phi) is 8.07. The summed E-state index contributed by atoms with van der Waals surface area (Å²) in [6.45, 7) is 10.1. The summed E-state index contributed by atoms with van der Waals surface area (Å²) < 4.78 is 31.1. The third kappa shape index (κ3) is 6.60. The molecule has 2 aliphatic rings. The number of imidazole rings is 1. The second kappa shape index (κ2) is 11.5. The SMILES string of the molecule is CC(C)(C)OC(=O)N1CCC(c2ccc3nc(C(=O)N4CCN(Cc5ccc(C(F)F)cc5)CC4)[nH]c3c2)CC1. The molecule has 8 nitrogen and oxygen atoms in total. The standard InChI is InChI=1S/C30H37F2N5O3/c1-30(2,3)40-29(39)37-12-10-21(11-13-37)23-8-9-24-25(18-23)34-27(33-24)28(38)36-16-14-35(15-17-36)19-20-4-6-22(7-5-20)26(31)32/h4-9,18,21,26H,10-17,19H2,1-3H3,(H,33,34). The van der Waals surface area contributed by atoms with Crippen LogP contribution in [0.2, 0.25) is 0 Å². The van der Waals surface area contributed by atoms with Crippen LogP contribution >= 0.6 is 0 Å². The number of fused-ring (bicyclic) bond motifs is 1. The molecule has 2 aromatic carbocycles. The molecule has 3 heterocycles. The molecule has 2 amide bonds. The van der Waals surface area contributed by atoms with Crippen molar-refractivity contribution >= 4 is 23.0 Å². The smallest absolute Gasteiger partial charge is 0.410 e. The maximum absolute atomic E-state index is 13.2.